The van der Waals surface area contributed by atoms with Gasteiger partial charge in [0, 0.05) is 17.2 Å². The van der Waals surface area contributed by atoms with Gasteiger partial charge in [0.05, 0.1) is 11.7 Å². The number of rotatable bonds is 4. The molecule has 0 radical (unpaired) electrons. The second kappa shape index (κ2) is 7.19. The van der Waals surface area contributed by atoms with Gasteiger partial charge in [-0.25, -0.2) is 9.97 Å². The predicted octanol–water partition coefficient (Wildman–Crippen LogP) is 4.04. The topological polar surface area (TPSA) is 80.9 Å². The Morgan fingerprint density at radius 2 is 1.96 bits per heavy atom. The Morgan fingerprint density at radius 3 is 2.81 bits per heavy atom. The Labute approximate surface area is 158 Å². The molecule has 4 rings (SSSR count). The van der Waals surface area contributed by atoms with Crippen LogP contribution in [0.1, 0.15) is 46.2 Å². The lowest BCUT2D eigenvalue weighted by Gasteiger charge is -2.27. The number of hydrogen-bond donors (Lipinski definition) is 2. The van der Waals surface area contributed by atoms with E-state index in [2.05, 4.69) is 39.6 Å². The number of carbonyl (C=O) groups is 1. The van der Waals surface area contributed by atoms with Gasteiger partial charge in [0.1, 0.15) is 11.6 Å². The van der Waals surface area contributed by atoms with E-state index in [0.29, 0.717) is 11.4 Å². The minimum Gasteiger partial charge on any atom is -0.366 e. The van der Waals surface area contributed by atoms with Crippen molar-refractivity contribution in [2.24, 2.45) is 5.73 Å². The zero-order chi connectivity index (χ0) is 18.8. The van der Waals surface area contributed by atoms with Gasteiger partial charge in [0.2, 0.25) is 5.91 Å². The second-order valence-electron chi connectivity index (χ2n) is 6.92. The zero-order valence-electron chi connectivity index (χ0n) is 15.3. The molecule has 1 atom stereocenters. The van der Waals surface area contributed by atoms with Gasteiger partial charge >= 0.3 is 0 Å². The van der Waals surface area contributed by atoms with E-state index in [9.17, 15) is 4.79 Å². The molecule has 0 unspecified atom stereocenters. The summed E-state index contributed by atoms with van der Waals surface area (Å²) >= 11 is 0. The maximum Gasteiger partial charge on any atom is 0.248 e. The van der Waals surface area contributed by atoms with Crippen LogP contribution in [0.2, 0.25) is 0 Å². The van der Waals surface area contributed by atoms with E-state index in [1.54, 1.807) is 12.1 Å². The predicted molar refractivity (Wildman–Crippen MR) is 106 cm³/mol. The quantitative estimate of drug-likeness (QED) is 0.737. The molecule has 0 spiro atoms. The van der Waals surface area contributed by atoms with E-state index in [1.807, 2.05) is 25.1 Å². The number of anilines is 1. The normalized spacial score (nSPS) is 15.8. The largest absolute Gasteiger partial charge is 0.366 e. The fourth-order valence-electron chi connectivity index (χ4n) is 3.70. The number of carbonyl (C=O) groups excluding carboxylic acids is 1. The summed E-state index contributed by atoms with van der Waals surface area (Å²) in [6.45, 7) is 1.88. The van der Waals surface area contributed by atoms with Gasteiger partial charge in [-0.05, 0) is 49.4 Å². The zero-order valence-corrected chi connectivity index (χ0v) is 15.3. The van der Waals surface area contributed by atoms with Crippen LogP contribution in [0.25, 0.3) is 11.3 Å². The molecule has 5 nitrogen and oxygen atoms in total. The first-order valence-electron chi connectivity index (χ1n) is 9.20. The summed E-state index contributed by atoms with van der Waals surface area (Å²) in [5, 5.41) is 3.58. The number of hydrogen-bond acceptors (Lipinski definition) is 4. The SMILES string of the molecule is Cc1nc(N[C@@H]2CCCc3ccccc32)cc(-c2cccc(C(N)=O)c2)n1. The van der Waals surface area contributed by atoms with E-state index in [0.717, 1.165) is 36.3 Å². The molecule has 0 saturated heterocycles. The highest BCUT2D eigenvalue weighted by Crippen LogP contribution is 2.32. The van der Waals surface area contributed by atoms with Crippen LogP contribution in [0.4, 0.5) is 5.82 Å². The molecule has 0 bridgehead atoms. The van der Waals surface area contributed by atoms with Crippen LogP contribution in [-0.4, -0.2) is 15.9 Å². The number of benzene rings is 2. The lowest BCUT2D eigenvalue weighted by atomic mass is 9.88. The molecule has 0 aliphatic heterocycles. The van der Waals surface area contributed by atoms with Crippen molar-refractivity contribution in [3.8, 4) is 11.3 Å². The van der Waals surface area contributed by atoms with Gasteiger partial charge in [0.15, 0.2) is 0 Å². The highest BCUT2D eigenvalue weighted by molar-refractivity contribution is 5.94. The molecule has 27 heavy (non-hydrogen) atoms. The number of primary amides is 1. The highest BCUT2D eigenvalue weighted by atomic mass is 16.1. The molecule has 3 aromatic rings. The third kappa shape index (κ3) is 3.67. The number of amides is 1. The van der Waals surface area contributed by atoms with Crippen LogP contribution < -0.4 is 11.1 Å². The summed E-state index contributed by atoms with van der Waals surface area (Å²) in [5.41, 5.74) is 10.3. The molecule has 0 fully saturated rings. The lowest BCUT2D eigenvalue weighted by molar-refractivity contribution is 0.100. The molecule has 1 aliphatic carbocycles. The number of aryl methyl sites for hydroxylation is 2. The third-order valence-corrected chi connectivity index (χ3v) is 4.97. The number of fused-ring (bicyclic) bond motifs is 1. The van der Waals surface area contributed by atoms with Crippen molar-refractivity contribution in [3.63, 3.8) is 0 Å². The molecule has 1 heterocycles. The summed E-state index contributed by atoms with van der Waals surface area (Å²) in [6.07, 6.45) is 3.36. The van der Waals surface area contributed by atoms with Crippen LogP contribution in [-0.2, 0) is 6.42 Å². The van der Waals surface area contributed by atoms with Gasteiger partial charge in [-0.2, -0.15) is 0 Å². The van der Waals surface area contributed by atoms with Gasteiger partial charge < -0.3 is 11.1 Å². The number of aromatic nitrogens is 2. The van der Waals surface area contributed by atoms with Crippen molar-refractivity contribution >= 4 is 11.7 Å². The summed E-state index contributed by atoms with van der Waals surface area (Å²) in [7, 11) is 0. The summed E-state index contributed by atoms with van der Waals surface area (Å²) in [4.78, 5) is 20.6. The molecule has 136 valence electrons. The molecule has 1 aromatic heterocycles. The van der Waals surface area contributed by atoms with E-state index in [4.69, 9.17) is 5.73 Å². The third-order valence-electron chi connectivity index (χ3n) is 4.97. The van der Waals surface area contributed by atoms with Crippen molar-refractivity contribution in [2.45, 2.75) is 32.2 Å². The van der Waals surface area contributed by atoms with Crippen LogP contribution in [0.5, 0.6) is 0 Å². The standard InChI is InChI=1S/C22H22N4O/c1-14-24-20(16-8-4-9-17(12-16)22(23)27)13-21(25-14)26-19-11-5-7-15-6-2-3-10-18(15)19/h2-4,6,8-10,12-13,19H,5,7,11H2,1H3,(H2,23,27)(H,24,25,26)/t19-/m1/s1. The van der Waals surface area contributed by atoms with E-state index >= 15 is 0 Å². The number of nitrogens with one attached hydrogen (secondary N) is 1. The first-order valence-corrected chi connectivity index (χ1v) is 9.20. The average molecular weight is 358 g/mol. The summed E-state index contributed by atoms with van der Waals surface area (Å²) in [5.74, 6) is 1.03. The molecule has 0 saturated carbocycles. The monoisotopic (exact) mass is 358 g/mol. The lowest BCUT2D eigenvalue weighted by Crippen LogP contribution is -2.18. The molecule has 1 amide bonds. The molecule has 2 aromatic carbocycles. The molecular weight excluding hydrogens is 336 g/mol. The van der Waals surface area contributed by atoms with Crippen LogP contribution in [0.15, 0.2) is 54.6 Å². The smallest absolute Gasteiger partial charge is 0.248 e. The summed E-state index contributed by atoms with van der Waals surface area (Å²) in [6, 6.07) is 18.0. The van der Waals surface area contributed by atoms with Crippen LogP contribution in [0.3, 0.4) is 0 Å². The van der Waals surface area contributed by atoms with E-state index < -0.39 is 5.91 Å². The van der Waals surface area contributed by atoms with Crippen molar-refractivity contribution < 1.29 is 4.79 Å². The second-order valence-corrected chi connectivity index (χ2v) is 6.92. The van der Waals surface area contributed by atoms with Crippen molar-refractivity contribution in [1.82, 2.24) is 9.97 Å². The van der Waals surface area contributed by atoms with Gasteiger partial charge in [-0.15, -0.1) is 0 Å². The average Bonchev–Trinajstić information content (AvgIpc) is 2.68. The fraction of sp³-hybridized carbons (Fsp3) is 0.227. The number of nitrogens with two attached hydrogens (primary N) is 1. The Bertz CT molecular complexity index is 999. The fourth-order valence-corrected chi connectivity index (χ4v) is 3.70. The van der Waals surface area contributed by atoms with Crippen LogP contribution >= 0.6 is 0 Å². The molecular formula is C22H22N4O. The Morgan fingerprint density at radius 1 is 1.11 bits per heavy atom. The maximum atomic E-state index is 11.5. The first-order chi connectivity index (χ1) is 13.1. The minimum absolute atomic E-state index is 0.244. The van der Waals surface area contributed by atoms with Crippen molar-refractivity contribution in [3.05, 3.63) is 77.1 Å². The van der Waals surface area contributed by atoms with E-state index in [-0.39, 0.29) is 6.04 Å². The molecule has 3 N–H and O–H groups in total. The Balaban J connectivity index is 1.66. The van der Waals surface area contributed by atoms with E-state index in [1.165, 1.54) is 11.1 Å². The molecule has 1 aliphatic rings. The maximum absolute atomic E-state index is 11.5. The van der Waals surface area contributed by atoms with Gasteiger partial charge in [-0.3, -0.25) is 4.79 Å². The van der Waals surface area contributed by atoms with Crippen molar-refractivity contribution in [1.29, 1.82) is 0 Å². The van der Waals surface area contributed by atoms with Crippen LogP contribution in [0, 0.1) is 6.92 Å². The first kappa shape index (κ1) is 17.2. The number of nitrogens with zero attached hydrogens (tertiary/aromatic N) is 2. The Hall–Kier alpha value is -3.21. The summed E-state index contributed by atoms with van der Waals surface area (Å²) < 4.78 is 0. The van der Waals surface area contributed by atoms with Crippen molar-refractivity contribution in [2.75, 3.05) is 5.32 Å². The highest BCUT2D eigenvalue weighted by Gasteiger charge is 2.20. The Kier molecular flexibility index (Phi) is 4.59. The van der Waals surface area contributed by atoms with Gasteiger partial charge in [0.25, 0.3) is 0 Å². The van der Waals surface area contributed by atoms with Gasteiger partial charge in [-0.1, -0.05) is 36.4 Å². The molecule has 5 heteroatoms. The minimum atomic E-state index is -0.445.